The largest absolute Gasteiger partial charge is 0.503 e. The topological polar surface area (TPSA) is 96.5 Å². The minimum absolute atomic E-state index is 0.0375. The Balaban J connectivity index is 1.91. The second-order valence-corrected chi connectivity index (χ2v) is 7.06. The van der Waals surface area contributed by atoms with Crippen LogP contribution in [0.25, 0.3) is 0 Å². The normalized spacial score (nSPS) is 17.2. The molecule has 0 saturated carbocycles. The third kappa shape index (κ3) is 2.56. The molecule has 1 aliphatic heterocycles. The molecular formula is C17H10BrN3O4S. The van der Waals surface area contributed by atoms with Crippen LogP contribution in [0.3, 0.4) is 0 Å². The minimum Gasteiger partial charge on any atom is -0.503 e. The fourth-order valence-electron chi connectivity index (χ4n) is 2.84. The van der Waals surface area contributed by atoms with Gasteiger partial charge in [0.05, 0.1) is 17.9 Å². The third-order valence-electron chi connectivity index (χ3n) is 3.95. The van der Waals surface area contributed by atoms with Crippen LogP contribution in [-0.4, -0.2) is 27.0 Å². The molecule has 1 atom stereocenters. The Hall–Kier alpha value is -2.78. The number of hydrogen-bond acceptors (Lipinski definition) is 7. The molecular weight excluding hydrogens is 422 g/mol. The van der Waals surface area contributed by atoms with Crippen molar-refractivity contribution in [2.45, 2.75) is 6.04 Å². The number of ketones is 1. The molecule has 1 N–H and O–H groups in total. The molecule has 2 aromatic heterocycles. The van der Waals surface area contributed by atoms with Gasteiger partial charge in [0.1, 0.15) is 5.51 Å². The SMILES string of the molecule is O=C(C1=C(O)C(=O)N(c2nncs2)C1c1ccccc1Br)c1ccco1. The molecule has 26 heavy (non-hydrogen) atoms. The number of carbonyl (C=O) groups excluding carboxylic acids is 2. The molecule has 0 fully saturated rings. The number of halogens is 1. The number of Topliss-reactive ketones (excluding diaryl/α,β-unsaturated/α-hetero) is 1. The van der Waals surface area contributed by atoms with Gasteiger partial charge in [-0.1, -0.05) is 45.5 Å². The summed E-state index contributed by atoms with van der Waals surface area (Å²) in [6.07, 6.45) is 1.36. The first-order valence-corrected chi connectivity index (χ1v) is 9.12. The molecule has 1 aliphatic rings. The molecule has 3 aromatic rings. The number of benzene rings is 1. The summed E-state index contributed by atoms with van der Waals surface area (Å²) in [5.74, 6) is -1.86. The van der Waals surface area contributed by atoms with Crippen molar-refractivity contribution in [3.05, 3.63) is 75.3 Å². The molecule has 130 valence electrons. The lowest BCUT2D eigenvalue weighted by Crippen LogP contribution is -2.31. The molecule has 1 aromatic carbocycles. The maximum Gasteiger partial charge on any atom is 0.296 e. The van der Waals surface area contributed by atoms with Crippen LogP contribution in [0.1, 0.15) is 22.2 Å². The predicted octanol–water partition coefficient (Wildman–Crippen LogP) is 3.68. The van der Waals surface area contributed by atoms with E-state index in [0.717, 1.165) is 11.3 Å². The Labute approximate surface area is 159 Å². The summed E-state index contributed by atoms with van der Waals surface area (Å²) in [4.78, 5) is 26.9. The van der Waals surface area contributed by atoms with Crippen molar-refractivity contribution >= 4 is 44.1 Å². The van der Waals surface area contributed by atoms with Crippen LogP contribution in [0, 0.1) is 0 Å². The van der Waals surface area contributed by atoms with Gasteiger partial charge in [-0.15, -0.1) is 10.2 Å². The number of anilines is 1. The molecule has 3 heterocycles. The Bertz CT molecular complexity index is 1010. The minimum atomic E-state index is -0.858. The lowest BCUT2D eigenvalue weighted by molar-refractivity contribution is -0.117. The monoisotopic (exact) mass is 431 g/mol. The molecule has 4 rings (SSSR count). The summed E-state index contributed by atoms with van der Waals surface area (Å²) in [5.41, 5.74) is 2.05. The number of aliphatic hydroxyl groups excluding tert-OH is 1. The van der Waals surface area contributed by atoms with E-state index in [9.17, 15) is 14.7 Å². The zero-order valence-electron chi connectivity index (χ0n) is 13.0. The Morgan fingerprint density at radius 2 is 2.08 bits per heavy atom. The van der Waals surface area contributed by atoms with E-state index in [2.05, 4.69) is 26.1 Å². The number of furan rings is 1. The van der Waals surface area contributed by atoms with E-state index < -0.39 is 23.5 Å². The summed E-state index contributed by atoms with van der Waals surface area (Å²) in [6.45, 7) is 0. The zero-order chi connectivity index (χ0) is 18.3. The van der Waals surface area contributed by atoms with Crippen LogP contribution in [0.2, 0.25) is 0 Å². The summed E-state index contributed by atoms with van der Waals surface area (Å²) in [5, 5.41) is 18.5. The lowest BCUT2D eigenvalue weighted by Gasteiger charge is -2.24. The van der Waals surface area contributed by atoms with Gasteiger partial charge in [-0.2, -0.15) is 0 Å². The highest BCUT2D eigenvalue weighted by molar-refractivity contribution is 9.10. The second kappa shape index (κ2) is 6.50. The van der Waals surface area contributed by atoms with Crippen molar-refractivity contribution < 1.29 is 19.1 Å². The fourth-order valence-corrected chi connectivity index (χ4v) is 3.92. The van der Waals surface area contributed by atoms with E-state index in [1.165, 1.54) is 22.7 Å². The summed E-state index contributed by atoms with van der Waals surface area (Å²) in [7, 11) is 0. The highest BCUT2D eigenvalue weighted by Gasteiger charge is 2.46. The van der Waals surface area contributed by atoms with Crippen LogP contribution >= 0.6 is 27.3 Å². The van der Waals surface area contributed by atoms with Crippen LogP contribution < -0.4 is 4.90 Å². The van der Waals surface area contributed by atoms with E-state index >= 15 is 0 Å². The predicted molar refractivity (Wildman–Crippen MR) is 97.0 cm³/mol. The van der Waals surface area contributed by atoms with E-state index in [1.807, 2.05) is 6.07 Å². The molecule has 0 spiro atoms. The van der Waals surface area contributed by atoms with Crippen molar-refractivity contribution in [3.63, 3.8) is 0 Å². The van der Waals surface area contributed by atoms with Gasteiger partial charge in [-0.25, -0.2) is 0 Å². The quantitative estimate of drug-likeness (QED) is 0.632. The highest BCUT2D eigenvalue weighted by Crippen LogP contribution is 2.44. The van der Waals surface area contributed by atoms with Crippen molar-refractivity contribution in [1.82, 2.24) is 10.2 Å². The number of aliphatic hydroxyl groups is 1. The number of carbonyl (C=O) groups is 2. The Morgan fingerprint density at radius 1 is 1.27 bits per heavy atom. The lowest BCUT2D eigenvalue weighted by atomic mass is 9.95. The van der Waals surface area contributed by atoms with E-state index in [4.69, 9.17) is 4.42 Å². The highest BCUT2D eigenvalue weighted by atomic mass is 79.9. The molecule has 1 unspecified atom stereocenters. The van der Waals surface area contributed by atoms with Crippen molar-refractivity contribution in [3.8, 4) is 0 Å². The number of aromatic nitrogens is 2. The van der Waals surface area contributed by atoms with Crippen molar-refractivity contribution in [2.24, 2.45) is 0 Å². The van der Waals surface area contributed by atoms with Gasteiger partial charge in [0, 0.05) is 4.47 Å². The van der Waals surface area contributed by atoms with Gasteiger partial charge < -0.3 is 9.52 Å². The van der Waals surface area contributed by atoms with E-state index in [-0.39, 0.29) is 16.5 Å². The van der Waals surface area contributed by atoms with Gasteiger partial charge in [-0.05, 0) is 23.8 Å². The van der Waals surface area contributed by atoms with Crippen molar-refractivity contribution in [2.75, 3.05) is 4.90 Å². The maximum absolute atomic E-state index is 12.9. The first-order valence-electron chi connectivity index (χ1n) is 7.45. The molecule has 0 saturated heterocycles. The van der Waals surface area contributed by atoms with Crippen LogP contribution in [0.15, 0.2) is 68.4 Å². The van der Waals surface area contributed by atoms with Crippen molar-refractivity contribution in [1.29, 1.82) is 0 Å². The van der Waals surface area contributed by atoms with Gasteiger partial charge in [-0.3, -0.25) is 14.5 Å². The Kier molecular flexibility index (Phi) is 4.17. The van der Waals surface area contributed by atoms with Crippen LogP contribution in [0.5, 0.6) is 0 Å². The first-order chi connectivity index (χ1) is 12.6. The van der Waals surface area contributed by atoms with Crippen LogP contribution in [0.4, 0.5) is 5.13 Å². The molecule has 7 nitrogen and oxygen atoms in total. The second-order valence-electron chi connectivity index (χ2n) is 5.39. The summed E-state index contributed by atoms with van der Waals surface area (Å²) >= 11 is 4.59. The number of nitrogens with zero attached hydrogens (tertiary/aromatic N) is 3. The summed E-state index contributed by atoms with van der Waals surface area (Å²) in [6, 6.07) is 9.36. The number of hydrogen-bond donors (Lipinski definition) is 1. The maximum atomic E-state index is 12.9. The van der Waals surface area contributed by atoms with Crippen LogP contribution in [-0.2, 0) is 4.79 Å². The first kappa shape index (κ1) is 16.7. The molecule has 0 aliphatic carbocycles. The average molecular weight is 432 g/mol. The van der Waals surface area contributed by atoms with E-state index in [0.29, 0.717) is 10.0 Å². The standard InChI is InChI=1S/C17H10BrN3O4S/c18-10-5-2-1-4-9(10)13-12(14(22)11-6-3-7-25-11)15(23)16(24)21(13)17-20-19-8-26-17/h1-8,13,23H. The summed E-state index contributed by atoms with van der Waals surface area (Å²) < 4.78 is 5.86. The fraction of sp³-hybridized carbons (Fsp3) is 0.0588. The Morgan fingerprint density at radius 3 is 2.73 bits per heavy atom. The van der Waals surface area contributed by atoms with Gasteiger partial charge in [0.2, 0.25) is 10.9 Å². The van der Waals surface area contributed by atoms with Gasteiger partial charge >= 0.3 is 0 Å². The molecule has 9 heteroatoms. The number of amides is 1. The molecule has 1 amide bonds. The van der Waals surface area contributed by atoms with E-state index in [1.54, 1.807) is 24.3 Å². The third-order valence-corrected chi connectivity index (χ3v) is 5.36. The average Bonchev–Trinajstić information content (AvgIpc) is 3.37. The van der Waals surface area contributed by atoms with Gasteiger partial charge in [0.15, 0.2) is 11.5 Å². The number of rotatable bonds is 4. The van der Waals surface area contributed by atoms with Gasteiger partial charge in [0.25, 0.3) is 5.91 Å². The zero-order valence-corrected chi connectivity index (χ0v) is 15.4. The molecule has 0 radical (unpaired) electrons. The smallest absolute Gasteiger partial charge is 0.296 e. The molecule has 0 bridgehead atoms.